The van der Waals surface area contributed by atoms with E-state index in [1.165, 1.54) is 12.4 Å². The summed E-state index contributed by atoms with van der Waals surface area (Å²) in [5.74, 6) is 0.320. The number of anilines is 1. The van der Waals surface area contributed by atoms with Crippen LogP contribution in [0.5, 0.6) is 0 Å². The second-order valence-electron chi connectivity index (χ2n) is 6.90. The molecule has 2 aromatic rings. The number of nitrogens with one attached hydrogen (secondary N) is 1. The smallest absolute Gasteiger partial charge is 0.251 e. The van der Waals surface area contributed by atoms with Crippen molar-refractivity contribution in [2.24, 2.45) is 5.92 Å². The minimum absolute atomic E-state index is 0.0871. The van der Waals surface area contributed by atoms with Gasteiger partial charge in [-0.2, -0.15) is 0 Å². The van der Waals surface area contributed by atoms with Gasteiger partial charge in [0, 0.05) is 24.5 Å². The number of ether oxygens (including phenoxy) is 1. The first kappa shape index (κ1) is 16.8. The van der Waals surface area contributed by atoms with Crippen molar-refractivity contribution < 1.29 is 13.9 Å². The molecule has 0 radical (unpaired) electrons. The van der Waals surface area contributed by atoms with Crippen LogP contribution in [0.1, 0.15) is 23.2 Å². The van der Waals surface area contributed by atoms with E-state index in [4.69, 9.17) is 4.74 Å². The van der Waals surface area contributed by atoms with E-state index < -0.39 is 5.82 Å². The van der Waals surface area contributed by atoms with Crippen molar-refractivity contribution in [2.45, 2.75) is 18.4 Å². The van der Waals surface area contributed by atoms with Gasteiger partial charge in [-0.25, -0.2) is 14.4 Å². The van der Waals surface area contributed by atoms with Gasteiger partial charge in [0.2, 0.25) is 5.95 Å². The highest BCUT2D eigenvalue weighted by molar-refractivity contribution is 5.93. The molecule has 136 valence electrons. The summed E-state index contributed by atoms with van der Waals surface area (Å²) in [6.45, 7) is 2.65. The molecule has 2 aliphatic heterocycles. The average Bonchev–Trinajstić information content (AvgIpc) is 2.66. The van der Waals surface area contributed by atoms with E-state index in [1.807, 2.05) is 4.90 Å². The molecule has 7 nitrogen and oxygen atoms in total. The molecule has 0 aromatic carbocycles. The summed E-state index contributed by atoms with van der Waals surface area (Å²) in [7, 11) is 0. The molecular formula is C18H20FN5O2. The van der Waals surface area contributed by atoms with Crippen LogP contribution in [0.15, 0.2) is 36.9 Å². The lowest BCUT2D eigenvalue weighted by atomic mass is 9.83. The molecule has 4 heterocycles. The van der Waals surface area contributed by atoms with Gasteiger partial charge in [0.1, 0.15) is 5.60 Å². The lowest BCUT2D eigenvalue weighted by Crippen LogP contribution is -2.65. The molecule has 2 aliphatic rings. The van der Waals surface area contributed by atoms with Crippen LogP contribution in [-0.4, -0.2) is 52.7 Å². The molecular weight excluding hydrogens is 337 g/mol. The second-order valence-corrected chi connectivity index (χ2v) is 6.90. The fraction of sp³-hybridized carbons (Fsp3) is 0.444. The largest absolute Gasteiger partial charge is 0.371 e. The molecule has 2 fully saturated rings. The van der Waals surface area contributed by atoms with Crippen molar-refractivity contribution in [3.05, 3.63) is 48.3 Å². The highest BCUT2D eigenvalue weighted by Gasteiger charge is 2.47. The Morgan fingerprint density at radius 1 is 1.31 bits per heavy atom. The minimum atomic E-state index is -0.436. The summed E-state index contributed by atoms with van der Waals surface area (Å²) >= 11 is 0. The van der Waals surface area contributed by atoms with E-state index in [0.717, 1.165) is 12.8 Å². The predicted molar refractivity (Wildman–Crippen MR) is 92.2 cm³/mol. The molecule has 0 bridgehead atoms. The van der Waals surface area contributed by atoms with Crippen LogP contribution in [0, 0.1) is 11.7 Å². The van der Waals surface area contributed by atoms with Crippen molar-refractivity contribution in [3.63, 3.8) is 0 Å². The highest BCUT2D eigenvalue weighted by Crippen LogP contribution is 2.37. The molecule has 1 N–H and O–H groups in total. The number of amides is 1. The molecule has 0 aliphatic carbocycles. The number of hydrogen-bond acceptors (Lipinski definition) is 6. The third-order valence-corrected chi connectivity index (χ3v) is 4.97. The summed E-state index contributed by atoms with van der Waals surface area (Å²) in [6.07, 6.45) is 7.49. The van der Waals surface area contributed by atoms with Crippen LogP contribution in [0.25, 0.3) is 0 Å². The number of halogens is 1. The Labute approximate surface area is 150 Å². The monoisotopic (exact) mass is 357 g/mol. The average molecular weight is 357 g/mol. The van der Waals surface area contributed by atoms with E-state index in [2.05, 4.69) is 20.3 Å². The van der Waals surface area contributed by atoms with Crippen molar-refractivity contribution in [1.82, 2.24) is 20.3 Å². The summed E-state index contributed by atoms with van der Waals surface area (Å²) in [6, 6.07) is 3.39. The van der Waals surface area contributed by atoms with Crippen molar-refractivity contribution in [1.29, 1.82) is 0 Å². The third-order valence-electron chi connectivity index (χ3n) is 4.97. The van der Waals surface area contributed by atoms with Crippen LogP contribution in [0.3, 0.4) is 0 Å². The molecule has 4 rings (SSSR count). The lowest BCUT2D eigenvalue weighted by Gasteiger charge is -2.52. The Kier molecular flexibility index (Phi) is 4.50. The molecule has 2 saturated heterocycles. The Morgan fingerprint density at radius 2 is 2.04 bits per heavy atom. The molecule has 8 heteroatoms. The molecule has 2 aromatic heterocycles. The Hall–Kier alpha value is -2.61. The van der Waals surface area contributed by atoms with Gasteiger partial charge >= 0.3 is 0 Å². The lowest BCUT2D eigenvalue weighted by molar-refractivity contribution is -0.115. The van der Waals surface area contributed by atoms with E-state index in [-0.39, 0.29) is 11.5 Å². The first-order valence-corrected chi connectivity index (χ1v) is 8.68. The quantitative estimate of drug-likeness (QED) is 0.892. The Balaban J connectivity index is 1.22. The van der Waals surface area contributed by atoms with Gasteiger partial charge in [0.25, 0.3) is 5.91 Å². The van der Waals surface area contributed by atoms with Crippen LogP contribution in [-0.2, 0) is 4.74 Å². The first-order valence-electron chi connectivity index (χ1n) is 8.68. The fourth-order valence-electron chi connectivity index (χ4n) is 3.43. The zero-order valence-corrected chi connectivity index (χ0v) is 14.3. The Bertz CT molecular complexity index is 755. The van der Waals surface area contributed by atoms with Gasteiger partial charge in [-0.05, 0) is 30.9 Å². The molecule has 0 saturated carbocycles. The second kappa shape index (κ2) is 6.95. The maximum absolute atomic E-state index is 12.9. The normalized spacial score (nSPS) is 21.3. The van der Waals surface area contributed by atoms with Gasteiger partial charge in [0.05, 0.1) is 32.1 Å². The number of aromatic nitrogens is 3. The molecule has 1 atom stereocenters. The molecule has 1 amide bonds. The summed E-state index contributed by atoms with van der Waals surface area (Å²) in [5, 5.41) is 2.96. The van der Waals surface area contributed by atoms with Crippen LogP contribution >= 0.6 is 0 Å². The summed E-state index contributed by atoms with van der Waals surface area (Å²) in [4.78, 5) is 26.0. The SMILES string of the molecule is O=C(NC[C@H]1CCC2(CN(c3ncc(F)cn3)C2)OC1)c1ccncc1. The zero-order valence-electron chi connectivity index (χ0n) is 14.3. The predicted octanol–water partition coefficient (Wildman–Crippen LogP) is 1.43. The van der Waals surface area contributed by atoms with E-state index >= 15 is 0 Å². The maximum Gasteiger partial charge on any atom is 0.251 e. The van der Waals surface area contributed by atoms with Gasteiger partial charge < -0.3 is 15.0 Å². The number of rotatable bonds is 4. The molecule has 26 heavy (non-hydrogen) atoms. The Morgan fingerprint density at radius 3 is 2.69 bits per heavy atom. The third kappa shape index (κ3) is 3.50. The van der Waals surface area contributed by atoms with Crippen molar-refractivity contribution >= 4 is 11.9 Å². The van der Waals surface area contributed by atoms with Gasteiger partial charge in [-0.1, -0.05) is 0 Å². The van der Waals surface area contributed by atoms with Gasteiger partial charge in [-0.3, -0.25) is 9.78 Å². The fourth-order valence-corrected chi connectivity index (χ4v) is 3.43. The standard InChI is InChI=1S/C18H20FN5O2/c19-15-8-22-17(23-9-15)24-11-18(12-24)4-1-13(10-26-18)7-21-16(25)14-2-5-20-6-3-14/h2-3,5-6,8-9,13H,1,4,7,10-12H2,(H,21,25)/t13-/m1/s1. The number of nitrogens with zero attached hydrogens (tertiary/aromatic N) is 4. The van der Waals surface area contributed by atoms with Gasteiger partial charge in [-0.15, -0.1) is 0 Å². The number of carbonyl (C=O) groups is 1. The van der Waals surface area contributed by atoms with Gasteiger partial charge in [0.15, 0.2) is 5.82 Å². The van der Waals surface area contributed by atoms with E-state index in [9.17, 15) is 9.18 Å². The molecule has 1 spiro atoms. The number of carbonyl (C=O) groups excluding carboxylic acids is 1. The summed E-state index contributed by atoms with van der Waals surface area (Å²) in [5.41, 5.74) is 0.450. The molecule has 0 unspecified atom stereocenters. The van der Waals surface area contributed by atoms with Crippen molar-refractivity contribution in [2.75, 3.05) is 31.1 Å². The number of hydrogen-bond donors (Lipinski definition) is 1. The highest BCUT2D eigenvalue weighted by atomic mass is 19.1. The summed E-state index contributed by atoms with van der Waals surface area (Å²) < 4.78 is 19.0. The number of pyridine rings is 1. The zero-order chi connectivity index (χ0) is 18.0. The topological polar surface area (TPSA) is 80.2 Å². The van der Waals surface area contributed by atoms with Crippen LogP contribution in [0.4, 0.5) is 10.3 Å². The van der Waals surface area contributed by atoms with E-state index in [1.54, 1.807) is 24.5 Å². The van der Waals surface area contributed by atoms with Crippen LogP contribution < -0.4 is 10.2 Å². The first-order chi connectivity index (χ1) is 12.6. The maximum atomic E-state index is 12.9. The van der Waals surface area contributed by atoms with E-state index in [0.29, 0.717) is 43.7 Å². The van der Waals surface area contributed by atoms with Crippen LogP contribution in [0.2, 0.25) is 0 Å². The van der Waals surface area contributed by atoms with Crippen molar-refractivity contribution in [3.8, 4) is 0 Å². The minimum Gasteiger partial charge on any atom is -0.371 e.